The topological polar surface area (TPSA) is 97.1 Å². The van der Waals surface area contributed by atoms with E-state index in [-0.39, 0.29) is 17.9 Å². The van der Waals surface area contributed by atoms with E-state index in [2.05, 4.69) is 15.3 Å². The molecule has 0 saturated carbocycles. The molecule has 3 aromatic rings. The molecular formula is C16H13FN4O3S. The van der Waals surface area contributed by atoms with Crippen LogP contribution in [0.25, 0.3) is 10.6 Å². The summed E-state index contributed by atoms with van der Waals surface area (Å²) < 4.78 is 15.2. The molecule has 0 aliphatic rings. The van der Waals surface area contributed by atoms with Crippen molar-refractivity contribution in [3.05, 3.63) is 58.9 Å². The minimum Gasteiger partial charge on any atom is -0.477 e. The Labute approximate surface area is 145 Å². The lowest BCUT2D eigenvalue weighted by atomic mass is 10.2. The maximum absolute atomic E-state index is 13.8. The molecule has 2 heterocycles. The Hall–Kier alpha value is -3.07. The highest BCUT2D eigenvalue weighted by Gasteiger charge is 2.16. The number of carboxylic acids is 1. The van der Waals surface area contributed by atoms with E-state index in [1.54, 1.807) is 25.2 Å². The normalized spacial score (nSPS) is 10.6. The van der Waals surface area contributed by atoms with E-state index in [4.69, 9.17) is 5.11 Å². The lowest BCUT2D eigenvalue weighted by molar-refractivity contribution is 0.0686. The maximum Gasteiger partial charge on any atom is 0.354 e. The monoisotopic (exact) mass is 360 g/mol. The van der Waals surface area contributed by atoms with E-state index in [9.17, 15) is 14.0 Å². The molecule has 0 spiro atoms. The van der Waals surface area contributed by atoms with Crippen molar-refractivity contribution in [1.82, 2.24) is 19.9 Å². The fraction of sp³-hybridized carbons (Fsp3) is 0.125. The van der Waals surface area contributed by atoms with E-state index in [0.717, 1.165) is 0 Å². The zero-order valence-corrected chi connectivity index (χ0v) is 13.9. The summed E-state index contributed by atoms with van der Waals surface area (Å²) in [7, 11) is 1.55. The second kappa shape index (κ2) is 6.81. The molecule has 9 heteroatoms. The molecule has 128 valence electrons. The van der Waals surface area contributed by atoms with Crippen molar-refractivity contribution in [2.24, 2.45) is 7.05 Å². The Balaban J connectivity index is 1.71. The Morgan fingerprint density at radius 3 is 2.80 bits per heavy atom. The van der Waals surface area contributed by atoms with Crippen LogP contribution in [0.4, 0.5) is 4.39 Å². The molecule has 0 fully saturated rings. The molecule has 2 N–H and O–H groups in total. The number of nitrogens with one attached hydrogen (secondary N) is 1. The highest BCUT2D eigenvalue weighted by atomic mass is 32.1. The number of carbonyl (C=O) groups excluding carboxylic acids is 1. The average Bonchev–Trinajstić information content (AvgIpc) is 3.20. The summed E-state index contributed by atoms with van der Waals surface area (Å²) in [6, 6.07) is 6.20. The van der Waals surface area contributed by atoms with Gasteiger partial charge < -0.3 is 15.0 Å². The lowest BCUT2D eigenvalue weighted by Crippen LogP contribution is -2.25. The number of imidazole rings is 1. The molecule has 0 unspecified atom stereocenters. The van der Waals surface area contributed by atoms with Gasteiger partial charge in [-0.25, -0.2) is 19.2 Å². The Morgan fingerprint density at radius 2 is 2.12 bits per heavy atom. The predicted octanol–water partition coefficient (Wildman–Crippen LogP) is 2.31. The van der Waals surface area contributed by atoms with Gasteiger partial charge in [-0.1, -0.05) is 12.1 Å². The third kappa shape index (κ3) is 3.41. The van der Waals surface area contributed by atoms with Crippen LogP contribution in [0.5, 0.6) is 0 Å². The number of amides is 1. The van der Waals surface area contributed by atoms with Gasteiger partial charge in [-0.3, -0.25) is 4.79 Å². The number of nitrogens with zero attached hydrogens (tertiary/aromatic N) is 3. The van der Waals surface area contributed by atoms with Gasteiger partial charge in [0.15, 0.2) is 0 Å². The van der Waals surface area contributed by atoms with Crippen molar-refractivity contribution in [2.75, 3.05) is 0 Å². The van der Waals surface area contributed by atoms with E-state index in [0.29, 0.717) is 16.4 Å². The first-order valence-electron chi connectivity index (χ1n) is 7.20. The molecule has 3 rings (SSSR count). The number of halogens is 1. The number of carbonyl (C=O) groups is 2. The zero-order valence-electron chi connectivity index (χ0n) is 13.1. The van der Waals surface area contributed by atoms with Crippen LogP contribution in [0, 0.1) is 5.82 Å². The van der Waals surface area contributed by atoms with E-state index < -0.39 is 17.7 Å². The van der Waals surface area contributed by atoms with Crippen LogP contribution >= 0.6 is 11.3 Å². The average molecular weight is 360 g/mol. The summed E-state index contributed by atoms with van der Waals surface area (Å²) in [6.45, 7) is 0.0508. The molecule has 25 heavy (non-hydrogen) atoms. The summed E-state index contributed by atoms with van der Waals surface area (Å²) >= 11 is 1.17. The van der Waals surface area contributed by atoms with Crippen molar-refractivity contribution in [3.63, 3.8) is 0 Å². The fourth-order valence-electron chi connectivity index (χ4n) is 2.20. The molecule has 1 aromatic carbocycles. The van der Waals surface area contributed by atoms with Crippen LogP contribution in [0.2, 0.25) is 0 Å². The van der Waals surface area contributed by atoms with E-state index >= 15 is 0 Å². The summed E-state index contributed by atoms with van der Waals surface area (Å²) in [4.78, 5) is 31.3. The van der Waals surface area contributed by atoms with Crippen LogP contribution in [-0.2, 0) is 13.6 Å². The summed E-state index contributed by atoms with van der Waals surface area (Å²) in [5.74, 6) is -1.55. The van der Waals surface area contributed by atoms with Crippen LogP contribution in [0.3, 0.4) is 0 Å². The van der Waals surface area contributed by atoms with Gasteiger partial charge in [-0.05, 0) is 12.1 Å². The molecule has 1 amide bonds. The summed E-state index contributed by atoms with van der Waals surface area (Å²) in [5, 5.41) is 13.6. The molecule has 0 saturated heterocycles. The Kier molecular flexibility index (Phi) is 4.57. The SMILES string of the molecule is Cn1c(C(=O)O)cnc1CNC(=O)c1csc(-c2ccccc2F)n1. The van der Waals surface area contributed by atoms with Crippen molar-refractivity contribution in [2.45, 2.75) is 6.54 Å². The van der Waals surface area contributed by atoms with Crippen LogP contribution in [0.15, 0.2) is 35.8 Å². The third-order valence-corrected chi connectivity index (χ3v) is 4.43. The zero-order chi connectivity index (χ0) is 18.0. The Bertz CT molecular complexity index is 951. The molecule has 0 aliphatic heterocycles. The number of benzene rings is 1. The number of aromatic carboxylic acids is 1. The number of carboxylic acid groups (broad SMARTS) is 1. The minimum atomic E-state index is -1.10. The second-order valence-electron chi connectivity index (χ2n) is 5.12. The number of hydrogen-bond donors (Lipinski definition) is 2. The maximum atomic E-state index is 13.8. The van der Waals surface area contributed by atoms with Crippen molar-refractivity contribution in [1.29, 1.82) is 0 Å². The van der Waals surface area contributed by atoms with Crippen LogP contribution in [-0.4, -0.2) is 31.5 Å². The van der Waals surface area contributed by atoms with Crippen molar-refractivity contribution < 1.29 is 19.1 Å². The highest BCUT2D eigenvalue weighted by Crippen LogP contribution is 2.26. The minimum absolute atomic E-state index is 0.0275. The first-order valence-corrected chi connectivity index (χ1v) is 8.08. The third-order valence-electron chi connectivity index (χ3n) is 3.55. The second-order valence-corrected chi connectivity index (χ2v) is 5.98. The summed E-state index contributed by atoms with van der Waals surface area (Å²) in [6.07, 6.45) is 1.23. The Morgan fingerprint density at radius 1 is 1.36 bits per heavy atom. The number of hydrogen-bond acceptors (Lipinski definition) is 5. The number of thiazole rings is 1. The molecule has 2 aromatic heterocycles. The van der Waals surface area contributed by atoms with Gasteiger partial charge >= 0.3 is 5.97 Å². The van der Waals surface area contributed by atoms with Gasteiger partial charge in [-0.2, -0.15) is 0 Å². The quantitative estimate of drug-likeness (QED) is 0.728. The van der Waals surface area contributed by atoms with Gasteiger partial charge in [0.1, 0.15) is 28.0 Å². The van der Waals surface area contributed by atoms with Gasteiger partial charge in [-0.15, -0.1) is 11.3 Å². The molecule has 7 nitrogen and oxygen atoms in total. The van der Waals surface area contributed by atoms with Crippen LogP contribution in [0.1, 0.15) is 26.8 Å². The summed E-state index contributed by atoms with van der Waals surface area (Å²) in [5.41, 5.74) is 0.525. The fourth-order valence-corrected chi connectivity index (χ4v) is 3.02. The molecule has 0 bridgehead atoms. The van der Waals surface area contributed by atoms with E-state index in [1.807, 2.05) is 0 Å². The number of rotatable bonds is 5. The smallest absolute Gasteiger partial charge is 0.354 e. The van der Waals surface area contributed by atoms with Gasteiger partial charge in [0.05, 0.1) is 12.7 Å². The van der Waals surface area contributed by atoms with Gasteiger partial charge in [0.25, 0.3) is 5.91 Å². The highest BCUT2D eigenvalue weighted by molar-refractivity contribution is 7.13. The largest absolute Gasteiger partial charge is 0.477 e. The standard InChI is InChI=1S/C16H13FN4O3S/c1-21-12(16(23)24)6-18-13(21)7-19-14(22)11-8-25-15(20-11)9-4-2-3-5-10(9)17/h2-6,8H,7H2,1H3,(H,19,22)(H,23,24). The molecule has 0 radical (unpaired) electrons. The molecule has 0 atom stereocenters. The van der Waals surface area contributed by atoms with Gasteiger partial charge in [0.2, 0.25) is 0 Å². The van der Waals surface area contributed by atoms with E-state index in [1.165, 1.54) is 33.5 Å². The lowest BCUT2D eigenvalue weighted by Gasteiger charge is -2.04. The van der Waals surface area contributed by atoms with Crippen molar-refractivity contribution >= 4 is 23.2 Å². The molecular weight excluding hydrogens is 347 g/mol. The first kappa shape index (κ1) is 16.8. The molecule has 0 aliphatic carbocycles. The van der Waals surface area contributed by atoms with Crippen molar-refractivity contribution in [3.8, 4) is 10.6 Å². The predicted molar refractivity (Wildman–Crippen MR) is 88.8 cm³/mol. The number of aromatic nitrogens is 3. The van der Waals surface area contributed by atoms with Crippen LogP contribution < -0.4 is 5.32 Å². The first-order chi connectivity index (χ1) is 12.0. The van der Waals surface area contributed by atoms with Gasteiger partial charge in [0, 0.05) is 18.0 Å².